The van der Waals surface area contributed by atoms with E-state index in [9.17, 15) is 8.78 Å². The summed E-state index contributed by atoms with van der Waals surface area (Å²) in [6.45, 7) is -2.11. The number of hydrogen-bond acceptors (Lipinski definition) is 3. The highest BCUT2D eigenvalue weighted by atomic mass is 32.1. The summed E-state index contributed by atoms with van der Waals surface area (Å²) in [5.74, 6) is 0.111. The lowest BCUT2D eigenvalue weighted by atomic mass is 10.2. The molecule has 0 unspecified atom stereocenters. The van der Waals surface area contributed by atoms with Crippen LogP contribution in [0.5, 0.6) is 5.75 Å². The second-order valence-corrected chi connectivity index (χ2v) is 5.21. The number of alkyl halides is 2. The molecule has 1 heterocycles. The van der Waals surface area contributed by atoms with Crippen LogP contribution in [0.3, 0.4) is 0 Å². The first-order valence-electron chi connectivity index (χ1n) is 7.01. The van der Waals surface area contributed by atoms with Gasteiger partial charge in [0.15, 0.2) is 5.11 Å². The average molecular weight is 337 g/mol. The number of ether oxygens (including phenoxy) is 1. The standard InChI is InChI=1S/C16H17F2N3OS/c1-21(11-9-12-4-2-3-10-19-12)16(23)20-13-5-7-14(8-6-13)22-15(17)18/h2-8,10,15H,9,11H2,1H3,(H,20,23). The fraction of sp³-hybridized carbons (Fsp3) is 0.250. The third-order valence-corrected chi connectivity index (χ3v) is 3.52. The molecule has 0 saturated carbocycles. The molecule has 1 aromatic heterocycles. The maximum atomic E-state index is 12.1. The Morgan fingerprint density at radius 3 is 2.61 bits per heavy atom. The minimum atomic E-state index is -2.83. The van der Waals surface area contributed by atoms with Gasteiger partial charge >= 0.3 is 6.61 Å². The molecule has 0 atom stereocenters. The van der Waals surface area contributed by atoms with Crippen LogP contribution in [0.15, 0.2) is 48.7 Å². The van der Waals surface area contributed by atoms with Gasteiger partial charge in [-0.05, 0) is 48.6 Å². The molecule has 0 bridgehead atoms. The van der Waals surface area contributed by atoms with Crippen LogP contribution in [0.25, 0.3) is 0 Å². The highest BCUT2D eigenvalue weighted by molar-refractivity contribution is 7.80. The van der Waals surface area contributed by atoms with Crippen molar-refractivity contribution < 1.29 is 13.5 Å². The van der Waals surface area contributed by atoms with E-state index in [4.69, 9.17) is 12.2 Å². The molecule has 7 heteroatoms. The molecule has 0 radical (unpaired) electrons. The molecule has 23 heavy (non-hydrogen) atoms. The molecule has 0 amide bonds. The summed E-state index contributed by atoms with van der Waals surface area (Å²) in [5, 5.41) is 3.60. The van der Waals surface area contributed by atoms with Gasteiger partial charge in [0.25, 0.3) is 0 Å². The molecule has 0 aliphatic carbocycles. The van der Waals surface area contributed by atoms with Crippen molar-refractivity contribution in [1.29, 1.82) is 0 Å². The molecule has 0 fully saturated rings. The Morgan fingerprint density at radius 2 is 2.00 bits per heavy atom. The normalized spacial score (nSPS) is 10.4. The Hall–Kier alpha value is -2.28. The second-order valence-electron chi connectivity index (χ2n) is 4.83. The van der Waals surface area contributed by atoms with E-state index >= 15 is 0 Å². The lowest BCUT2D eigenvalue weighted by Crippen LogP contribution is -2.32. The van der Waals surface area contributed by atoms with E-state index in [0.717, 1.165) is 18.7 Å². The van der Waals surface area contributed by atoms with Gasteiger partial charge in [-0.2, -0.15) is 8.78 Å². The van der Waals surface area contributed by atoms with Crippen LogP contribution < -0.4 is 10.1 Å². The average Bonchev–Trinajstić information content (AvgIpc) is 2.55. The third kappa shape index (κ3) is 5.78. The van der Waals surface area contributed by atoms with Crippen molar-refractivity contribution in [2.45, 2.75) is 13.0 Å². The highest BCUT2D eigenvalue weighted by Crippen LogP contribution is 2.18. The van der Waals surface area contributed by atoms with E-state index < -0.39 is 6.61 Å². The van der Waals surface area contributed by atoms with Gasteiger partial charge in [-0.25, -0.2) is 0 Å². The monoisotopic (exact) mass is 337 g/mol. The van der Waals surface area contributed by atoms with Crippen molar-refractivity contribution in [3.05, 3.63) is 54.4 Å². The van der Waals surface area contributed by atoms with Crippen LogP contribution in [0, 0.1) is 0 Å². The second kappa shape index (κ2) is 8.38. The first-order chi connectivity index (χ1) is 11.0. The van der Waals surface area contributed by atoms with E-state index in [-0.39, 0.29) is 5.75 Å². The van der Waals surface area contributed by atoms with Crippen molar-refractivity contribution in [3.63, 3.8) is 0 Å². The summed E-state index contributed by atoms with van der Waals surface area (Å²) in [6, 6.07) is 12.0. The van der Waals surface area contributed by atoms with E-state index in [1.54, 1.807) is 18.3 Å². The van der Waals surface area contributed by atoms with Gasteiger partial charge in [-0.15, -0.1) is 0 Å². The first-order valence-corrected chi connectivity index (χ1v) is 7.42. The lowest BCUT2D eigenvalue weighted by molar-refractivity contribution is -0.0498. The number of benzene rings is 1. The number of hydrogen-bond donors (Lipinski definition) is 1. The highest BCUT2D eigenvalue weighted by Gasteiger charge is 2.07. The molecule has 1 aromatic carbocycles. The van der Waals surface area contributed by atoms with E-state index in [1.807, 2.05) is 30.1 Å². The van der Waals surface area contributed by atoms with Crippen molar-refractivity contribution in [3.8, 4) is 5.75 Å². The quantitative estimate of drug-likeness (QED) is 0.816. The first kappa shape index (κ1) is 17.1. The Labute approximate surface area is 139 Å². The predicted molar refractivity (Wildman–Crippen MR) is 89.9 cm³/mol. The number of likely N-dealkylation sites (N-methyl/N-ethyl adjacent to an activating group) is 1. The zero-order valence-electron chi connectivity index (χ0n) is 12.6. The van der Waals surface area contributed by atoms with Gasteiger partial charge in [0.05, 0.1) is 0 Å². The summed E-state index contributed by atoms with van der Waals surface area (Å²) >= 11 is 5.32. The fourth-order valence-corrected chi connectivity index (χ4v) is 2.08. The van der Waals surface area contributed by atoms with Gasteiger partial charge in [-0.3, -0.25) is 4.98 Å². The van der Waals surface area contributed by atoms with Crippen LogP contribution >= 0.6 is 12.2 Å². The maximum absolute atomic E-state index is 12.1. The maximum Gasteiger partial charge on any atom is 0.387 e. The Kier molecular flexibility index (Phi) is 6.22. The minimum Gasteiger partial charge on any atom is -0.435 e. The number of pyridine rings is 1. The summed E-state index contributed by atoms with van der Waals surface area (Å²) in [7, 11) is 1.88. The molecule has 4 nitrogen and oxygen atoms in total. The molecule has 1 N–H and O–H groups in total. The fourth-order valence-electron chi connectivity index (χ4n) is 1.87. The number of thiocarbonyl (C=S) groups is 1. The topological polar surface area (TPSA) is 37.4 Å². The Balaban J connectivity index is 1.83. The number of nitrogens with one attached hydrogen (secondary N) is 1. The van der Waals surface area contributed by atoms with Crippen molar-refractivity contribution in [2.75, 3.05) is 18.9 Å². The molecule has 0 aliphatic heterocycles. The van der Waals surface area contributed by atoms with Crippen molar-refractivity contribution in [1.82, 2.24) is 9.88 Å². The Morgan fingerprint density at radius 1 is 1.26 bits per heavy atom. The number of aromatic nitrogens is 1. The molecule has 2 aromatic rings. The molecule has 0 spiro atoms. The molecule has 0 saturated heterocycles. The molecule has 122 valence electrons. The van der Waals surface area contributed by atoms with E-state index in [0.29, 0.717) is 10.8 Å². The van der Waals surface area contributed by atoms with E-state index in [1.165, 1.54) is 12.1 Å². The number of rotatable bonds is 6. The van der Waals surface area contributed by atoms with Gasteiger partial charge in [0, 0.05) is 37.6 Å². The van der Waals surface area contributed by atoms with Gasteiger partial charge in [0.1, 0.15) is 5.75 Å². The molecule has 2 rings (SSSR count). The van der Waals surface area contributed by atoms with E-state index in [2.05, 4.69) is 15.0 Å². The SMILES string of the molecule is CN(CCc1ccccn1)C(=S)Nc1ccc(OC(F)F)cc1. The Bertz CT molecular complexity index is 623. The summed E-state index contributed by atoms with van der Waals surface area (Å²) in [5.41, 5.74) is 1.71. The lowest BCUT2D eigenvalue weighted by Gasteiger charge is -2.21. The minimum absolute atomic E-state index is 0.111. The van der Waals surface area contributed by atoms with Gasteiger partial charge in [0.2, 0.25) is 0 Å². The van der Waals surface area contributed by atoms with Gasteiger partial charge in [-0.1, -0.05) is 6.07 Å². The smallest absolute Gasteiger partial charge is 0.387 e. The zero-order valence-corrected chi connectivity index (χ0v) is 13.4. The van der Waals surface area contributed by atoms with Gasteiger partial charge < -0.3 is 15.0 Å². The van der Waals surface area contributed by atoms with Crippen LogP contribution in [0.1, 0.15) is 5.69 Å². The van der Waals surface area contributed by atoms with Crippen molar-refractivity contribution >= 4 is 23.0 Å². The van der Waals surface area contributed by atoms with Crippen LogP contribution in [-0.4, -0.2) is 35.2 Å². The largest absolute Gasteiger partial charge is 0.435 e. The summed E-state index contributed by atoms with van der Waals surface area (Å²) < 4.78 is 28.5. The molecule has 0 aliphatic rings. The van der Waals surface area contributed by atoms with Crippen LogP contribution in [0.2, 0.25) is 0 Å². The predicted octanol–water partition coefficient (Wildman–Crippen LogP) is 3.55. The summed E-state index contributed by atoms with van der Waals surface area (Å²) in [4.78, 5) is 6.16. The third-order valence-electron chi connectivity index (χ3n) is 3.11. The number of nitrogens with zero attached hydrogens (tertiary/aromatic N) is 2. The van der Waals surface area contributed by atoms with Crippen molar-refractivity contribution in [2.24, 2.45) is 0 Å². The zero-order chi connectivity index (χ0) is 16.7. The number of halogens is 2. The van der Waals surface area contributed by atoms with Crippen LogP contribution in [0.4, 0.5) is 14.5 Å². The number of anilines is 1. The van der Waals surface area contributed by atoms with Crippen LogP contribution in [-0.2, 0) is 6.42 Å². The summed E-state index contributed by atoms with van der Waals surface area (Å²) in [6.07, 6.45) is 2.54. The molecular formula is C16H17F2N3OS. The molecular weight excluding hydrogens is 320 g/mol.